The number of hydrogen-bond donors (Lipinski definition) is 1. The summed E-state index contributed by atoms with van der Waals surface area (Å²) in [5.74, 6) is 0.538. The van der Waals surface area contributed by atoms with Gasteiger partial charge in [-0.2, -0.15) is 0 Å². The van der Waals surface area contributed by atoms with Crippen LogP contribution in [0.3, 0.4) is 0 Å². The summed E-state index contributed by atoms with van der Waals surface area (Å²) in [4.78, 5) is 34.0. The van der Waals surface area contributed by atoms with Crippen LogP contribution in [0.2, 0.25) is 0 Å². The third-order valence-electron chi connectivity index (χ3n) is 6.11. The standard InChI is InChI=1S/C19H23N7O/c1-2-26-9-4-14-16(22-13-21-14)19(26)5-10-24(11-6-19)17(27)15-12-25-8-3-7-20-18(25)23-15/h3,7-8,12-13H,2,4-6,9-11H2,1H3,(H,21,22). The lowest BCUT2D eigenvalue weighted by molar-refractivity contribution is 0.0101. The zero-order valence-corrected chi connectivity index (χ0v) is 15.4. The Hall–Kier alpha value is -2.74. The van der Waals surface area contributed by atoms with Crippen LogP contribution in [-0.2, 0) is 12.0 Å². The molecule has 1 spiro atoms. The smallest absolute Gasteiger partial charge is 0.274 e. The van der Waals surface area contributed by atoms with E-state index in [9.17, 15) is 4.79 Å². The summed E-state index contributed by atoms with van der Waals surface area (Å²) in [6.45, 7) is 5.67. The topological polar surface area (TPSA) is 82.4 Å². The quantitative estimate of drug-likeness (QED) is 0.743. The number of carbonyl (C=O) groups excluding carboxylic acids is 1. The molecular formula is C19H23N7O. The highest BCUT2D eigenvalue weighted by molar-refractivity contribution is 5.92. The molecule has 0 unspecified atom stereocenters. The number of aromatic nitrogens is 5. The maximum atomic E-state index is 13.0. The minimum Gasteiger partial charge on any atom is -0.348 e. The van der Waals surface area contributed by atoms with E-state index in [0.29, 0.717) is 24.6 Å². The number of carbonyl (C=O) groups is 1. The molecule has 2 aliphatic rings. The molecule has 140 valence electrons. The van der Waals surface area contributed by atoms with E-state index < -0.39 is 0 Å². The van der Waals surface area contributed by atoms with Crippen LogP contribution in [0.5, 0.6) is 0 Å². The number of nitrogens with one attached hydrogen (secondary N) is 1. The molecule has 2 aliphatic heterocycles. The van der Waals surface area contributed by atoms with Gasteiger partial charge in [-0.25, -0.2) is 15.0 Å². The molecule has 1 N–H and O–H groups in total. The van der Waals surface area contributed by atoms with Crippen molar-refractivity contribution in [3.63, 3.8) is 0 Å². The van der Waals surface area contributed by atoms with E-state index in [1.165, 1.54) is 11.4 Å². The van der Waals surface area contributed by atoms with Crippen LogP contribution in [0.15, 0.2) is 31.0 Å². The number of likely N-dealkylation sites (N-methyl/N-ethyl adjacent to an activating group) is 1. The first-order valence-corrected chi connectivity index (χ1v) is 9.58. The molecule has 1 saturated heterocycles. The minimum absolute atomic E-state index is 0.0172. The minimum atomic E-state index is -0.0560. The van der Waals surface area contributed by atoms with Crippen molar-refractivity contribution in [2.24, 2.45) is 0 Å². The van der Waals surface area contributed by atoms with E-state index in [1.54, 1.807) is 16.8 Å². The molecule has 5 heterocycles. The van der Waals surface area contributed by atoms with Crippen LogP contribution in [-0.4, -0.2) is 66.2 Å². The number of hydrogen-bond acceptors (Lipinski definition) is 5. The summed E-state index contributed by atoms with van der Waals surface area (Å²) in [7, 11) is 0. The van der Waals surface area contributed by atoms with Crippen LogP contribution >= 0.6 is 0 Å². The molecule has 1 fully saturated rings. The molecule has 0 radical (unpaired) electrons. The van der Waals surface area contributed by atoms with Crippen LogP contribution in [0.25, 0.3) is 5.78 Å². The lowest BCUT2D eigenvalue weighted by Crippen LogP contribution is -2.57. The van der Waals surface area contributed by atoms with Crippen molar-refractivity contribution in [1.29, 1.82) is 0 Å². The number of imidazole rings is 2. The van der Waals surface area contributed by atoms with E-state index in [2.05, 4.69) is 31.8 Å². The van der Waals surface area contributed by atoms with Crippen LogP contribution < -0.4 is 0 Å². The van der Waals surface area contributed by atoms with E-state index in [-0.39, 0.29) is 11.4 Å². The maximum Gasteiger partial charge on any atom is 0.274 e. The highest BCUT2D eigenvalue weighted by Crippen LogP contribution is 2.42. The maximum absolute atomic E-state index is 13.0. The predicted molar refractivity (Wildman–Crippen MR) is 99.3 cm³/mol. The molecule has 0 bridgehead atoms. The second-order valence-electron chi connectivity index (χ2n) is 7.34. The summed E-state index contributed by atoms with van der Waals surface area (Å²) >= 11 is 0. The average Bonchev–Trinajstić information content (AvgIpc) is 3.36. The summed E-state index contributed by atoms with van der Waals surface area (Å²) in [6, 6.07) is 1.83. The van der Waals surface area contributed by atoms with Gasteiger partial charge >= 0.3 is 0 Å². The van der Waals surface area contributed by atoms with Crippen molar-refractivity contribution in [2.75, 3.05) is 26.2 Å². The number of piperidine rings is 1. The Morgan fingerprint density at radius 3 is 2.89 bits per heavy atom. The Morgan fingerprint density at radius 1 is 1.26 bits per heavy atom. The van der Waals surface area contributed by atoms with Crippen molar-refractivity contribution in [3.05, 3.63) is 48.1 Å². The van der Waals surface area contributed by atoms with E-state index >= 15 is 0 Å². The Labute approximate surface area is 157 Å². The summed E-state index contributed by atoms with van der Waals surface area (Å²) in [5, 5.41) is 0. The number of fused-ring (bicyclic) bond motifs is 3. The van der Waals surface area contributed by atoms with Gasteiger partial charge in [0, 0.05) is 50.3 Å². The van der Waals surface area contributed by atoms with Gasteiger partial charge in [0.05, 0.1) is 17.6 Å². The molecule has 27 heavy (non-hydrogen) atoms. The van der Waals surface area contributed by atoms with E-state index in [1.807, 2.05) is 23.5 Å². The number of nitrogens with zero attached hydrogens (tertiary/aromatic N) is 6. The molecule has 0 aliphatic carbocycles. The van der Waals surface area contributed by atoms with Gasteiger partial charge in [0.15, 0.2) is 0 Å². The normalized spacial score (nSPS) is 19.5. The van der Waals surface area contributed by atoms with Crippen molar-refractivity contribution >= 4 is 11.7 Å². The molecular weight excluding hydrogens is 342 g/mol. The number of H-pyrrole nitrogens is 1. The first kappa shape index (κ1) is 16.4. The second kappa shape index (κ2) is 6.16. The van der Waals surface area contributed by atoms with Gasteiger partial charge in [-0.1, -0.05) is 6.92 Å². The zero-order chi connectivity index (χ0) is 18.4. The molecule has 8 nitrogen and oxygen atoms in total. The molecule has 0 aromatic carbocycles. The monoisotopic (exact) mass is 365 g/mol. The number of likely N-dealkylation sites (tertiary alicyclic amines) is 1. The van der Waals surface area contributed by atoms with Crippen molar-refractivity contribution in [3.8, 4) is 0 Å². The van der Waals surface area contributed by atoms with Gasteiger partial charge in [-0.05, 0) is 25.5 Å². The van der Waals surface area contributed by atoms with Crippen molar-refractivity contribution in [2.45, 2.75) is 31.7 Å². The SMILES string of the molecule is CCN1CCc2[nH]cnc2C12CCN(C(=O)c1cn3cccnc3n1)CC2. The van der Waals surface area contributed by atoms with Crippen LogP contribution in [0.1, 0.15) is 41.6 Å². The first-order valence-electron chi connectivity index (χ1n) is 9.58. The van der Waals surface area contributed by atoms with Gasteiger partial charge in [0.1, 0.15) is 5.69 Å². The highest BCUT2D eigenvalue weighted by Gasteiger charge is 2.46. The largest absolute Gasteiger partial charge is 0.348 e. The summed E-state index contributed by atoms with van der Waals surface area (Å²) in [5.41, 5.74) is 2.84. The van der Waals surface area contributed by atoms with E-state index in [4.69, 9.17) is 0 Å². The van der Waals surface area contributed by atoms with Gasteiger partial charge in [0.25, 0.3) is 5.91 Å². The molecule has 1 amide bonds. The molecule has 3 aromatic heterocycles. The Morgan fingerprint density at radius 2 is 2.11 bits per heavy atom. The van der Waals surface area contributed by atoms with Crippen LogP contribution in [0, 0.1) is 0 Å². The van der Waals surface area contributed by atoms with Gasteiger partial charge in [0.2, 0.25) is 5.78 Å². The van der Waals surface area contributed by atoms with Gasteiger partial charge in [-0.3, -0.25) is 14.1 Å². The fourth-order valence-electron chi connectivity index (χ4n) is 4.71. The lowest BCUT2D eigenvalue weighted by atomic mass is 9.78. The average molecular weight is 365 g/mol. The number of amides is 1. The fraction of sp³-hybridized carbons (Fsp3) is 0.474. The van der Waals surface area contributed by atoms with Crippen LogP contribution in [0.4, 0.5) is 0 Å². The molecule has 5 rings (SSSR count). The van der Waals surface area contributed by atoms with Gasteiger partial charge < -0.3 is 9.88 Å². The molecule has 0 atom stereocenters. The highest BCUT2D eigenvalue weighted by atomic mass is 16.2. The van der Waals surface area contributed by atoms with E-state index in [0.717, 1.165) is 32.4 Å². The zero-order valence-electron chi connectivity index (χ0n) is 15.4. The lowest BCUT2D eigenvalue weighted by Gasteiger charge is -2.50. The second-order valence-corrected chi connectivity index (χ2v) is 7.34. The number of aromatic amines is 1. The predicted octanol–water partition coefficient (Wildman–Crippen LogP) is 1.46. The Bertz CT molecular complexity index is 950. The molecule has 3 aromatic rings. The Kier molecular flexibility index (Phi) is 3.75. The Balaban J connectivity index is 1.39. The van der Waals surface area contributed by atoms with Crippen molar-refractivity contribution in [1.82, 2.24) is 34.1 Å². The summed E-state index contributed by atoms with van der Waals surface area (Å²) < 4.78 is 1.79. The van der Waals surface area contributed by atoms with Gasteiger partial charge in [-0.15, -0.1) is 0 Å². The summed E-state index contributed by atoms with van der Waals surface area (Å²) in [6.07, 6.45) is 9.93. The fourth-order valence-corrected chi connectivity index (χ4v) is 4.71. The van der Waals surface area contributed by atoms with Crippen molar-refractivity contribution < 1.29 is 4.79 Å². The molecule has 0 saturated carbocycles. The third kappa shape index (κ3) is 2.47. The molecule has 8 heteroatoms. The first-order chi connectivity index (χ1) is 13.2. The third-order valence-corrected chi connectivity index (χ3v) is 6.11. The number of rotatable bonds is 2.